The summed E-state index contributed by atoms with van der Waals surface area (Å²) in [5, 5.41) is 11.8. The van der Waals surface area contributed by atoms with Crippen LogP contribution in [0.1, 0.15) is 50.4 Å². The van der Waals surface area contributed by atoms with Gasteiger partial charge in [0.2, 0.25) is 0 Å². The van der Waals surface area contributed by atoms with E-state index in [2.05, 4.69) is 0 Å². The van der Waals surface area contributed by atoms with E-state index in [-0.39, 0.29) is 41.8 Å². The van der Waals surface area contributed by atoms with Crippen molar-refractivity contribution in [2.24, 2.45) is 5.92 Å². The highest BCUT2D eigenvalue weighted by Crippen LogP contribution is 2.29. The first-order chi connectivity index (χ1) is 18.4. The fourth-order valence-electron chi connectivity index (χ4n) is 4.57. The molecule has 9 nitrogen and oxygen atoms in total. The van der Waals surface area contributed by atoms with Gasteiger partial charge >= 0.3 is 0 Å². The van der Waals surface area contributed by atoms with Gasteiger partial charge in [-0.05, 0) is 62.8 Å². The number of likely N-dealkylation sites (N-methyl/N-ethyl adjacent to an activating group) is 1. The van der Waals surface area contributed by atoms with Crippen molar-refractivity contribution < 1.29 is 27.8 Å². The molecule has 1 aliphatic rings. The summed E-state index contributed by atoms with van der Waals surface area (Å²) in [4.78, 5) is 17.6. The lowest BCUT2D eigenvalue weighted by Gasteiger charge is -2.35. The molecule has 1 aromatic carbocycles. The van der Waals surface area contributed by atoms with E-state index < -0.39 is 22.2 Å². The zero-order valence-electron chi connectivity index (χ0n) is 23.9. The van der Waals surface area contributed by atoms with Gasteiger partial charge in [0.05, 0.1) is 30.4 Å². The number of aliphatic hydroxyl groups excluding tert-OH is 1. The number of carbonyl (C=O) groups is 1. The number of ether oxygens (including phenoxy) is 2. The van der Waals surface area contributed by atoms with Crippen LogP contribution in [0, 0.1) is 5.92 Å². The van der Waals surface area contributed by atoms with Crippen LogP contribution in [-0.4, -0.2) is 94.3 Å². The van der Waals surface area contributed by atoms with Crippen molar-refractivity contribution in [2.75, 3.05) is 52.3 Å². The maximum atomic E-state index is 14.0. The average Bonchev–Trinajstić information content (AvgIpc) is 3.45. The molecule has 0 spiro atoms. The molecule has 39 heavy (non-hydrogen) atoms. The molecule has 0 bridgehead atoms. The number of benzene rings is 1. The van der Waals surface area contributed by atoms with Crippen molar-refractivity contribution in [2.45, 2.75) is 62.5 Å². The van der Waals surface area contributed by atoms with Crippen LogP contribution >= 0.6 is 11.3 Å². The van der Waals surface area contributed by atoms with Crippen LogP contribution < -0.4 is 9.64 Å². The molecule has 0 saturated carbocycles. The zero-order chi connectivity index (χ0) is 28.7. The number of hydrogen-bond acceptors (Lipinski definition) is 8. The van der Waals surface area contributed by atoms with Gasteiger partial charge in [0.25, 0.3) is 15.9 Å². The summed E-state index contributed by atoms with van der Waals surface area (Å²) in [7, 11) is 1.74. The van der Waals surface area contributed by atoms with Gasteiger partial charge in [-0.15, -0.1) is 11.3 Å². The van der Waals surface area contributed by atoms with Gasteiger partial charge in [0.15, 0.2) is 0 Å². The Balaban J connectivity index is 1.96. The summed E-state index contributed by atoms with van der Waals surface area (Å²) in [5.41, 5.74) is 1.30. The normalized spacial score (nSPS) is 22.6. The molecule has 2 heterocycles. The minimum atomic E-state index is -3.65. The molecule has 0 saturated heterocycles. The summed E-state index contributed by atoms with van der Waals surface area (Å²) >= 11 is 1.18. The molecule has 1 aliphatic heterocycles. The van der Waals surface area contributed by atoms with Gasteiger partial charge in [-0.2, -0.15) is 4.31 Å². The Morgan fingerprint density at radius 3 is 2.56 bits per heavy atom. The Hall–Kier alpha value is -2.18. The van der Waals surface area contributed by atoms with Gasteiger partial charge in [-0.25, -0.2) is 8.42 Å². The van der Waals surface area contributed by atoms with Crippen LogP contribution in [0.15, 0.2) is 39.9 Å². The summed E-state index contributed by atoms with van der Waals surface area (Å²) in [6.45, 7) is 6.44. The number of sulfonamides is 1. The van der Waals surface area contributed by atoms with E-state index >= 15 is 0 Å². The molecule has 0 radical (unpaired) electrons. The summed E-state index contributed by atoms with van der Waals surface area (Å²) < 4.78 is 40.4. The number of anilines is 1. The summed E-state index contributed by atoms with van der Waals surface area (Å²) in [6, 6.07) is 8.45. The van der Waals surface area contributed by atoms with Gasteiger partial charge in [0.1, 0.15) is 9.96 Å². The van der Waals surface area contributed by atoms with Crippen molar-refractivity contribution in [3.05, 3.63) is 41.3 Å². The largest absolute Gasteiger partial charge is 0.490 e. The van der Waals surface area contributed by atoms with E-state index in [1.165, 1.54) is 15.6 Å². The fraction of sp³-hybridized carbons (Fsp3) is 0.607. The van der Waals surface area contributed by atoms with Crippen molar-refractivity contribution in [3.8, 4) is 5.75 Å². The second-order valence-corrected chi connectivity index (χ2v) is 13.8. The second kappa shape index (κ2) is 13.9. The lowest BCUT2D eigenvalue weighted by atomic mass is 10.0. The van der Waals surface area contributed by atoms with Crippen molar-refractivity contribution in [3.63, 3.8) is 0 Å². The van der Waals surface area contributed by atoms with Gasteiger partial charge < -0.3 is 24.4 Å². The minimum Gasteiger partial charge on any atom is -0.490 e. The van der Waals surface area contributed by atoms with Crippen LogP contribution in [0.5, 0.6) is 5.75 Å². The number of thiophene rings is 1. The van der Waals surface area contributed by atoms with Crippen LogP contribution in [0.25, 0.3) is 0 Å². The third kappa shape index (κ3) is 7.94. The van der Waals surface area contributed by atoms with E-state index in [1.807, 2.05) is 51.0 Å². The molecular formula is C28H43N3O6S2. The number of amides is 1. The molecule has 3 rings (SSSR count). The summed E-state index contributed by atoms with van der Waals surface area (Å²) in [6.07, 6.45) is 1.91. The third-order valence-electron chi connectivity index (χ3n) is 7.15. The van der Waals surface area contributed by atoms with E-state index in [1.54, 1.807) is 36.4 Å². The fourth-order valence-corrected chi connectivity index (χ4v) is 6.95. The highest BCUT2D eigenvalue weighted by Gasteiger charge is 2.32. The molecule has 11 heteroatoms. The van der Waals surface area contributed by atoms with E-state index in [0.717, 1.165) is 24.9 Å². The molecule has 2 aromatic rings. The SMILES string of the molecule is C[C@H]1CCCCO[C@H](CN(C)S(=O)(=O)c2cccs2)[C@@H](C)CN([C@@H](C)CO)C(=O)c2cc(N(C)C)ccc2O1. The van der Waals surface area contributed by atoms with Crippen molar-refractivity contribution >= 4 is 33.0 Å². The predicted molar refractivity (Wildman–Crippen MR) is 155 cm³/mol. The maximum absolute atomic E-state index is 14.0. The van der Waals surface area contributed by atoms with Gasteiger partial charge in [0, 0.05) is 52.4 Å². The first-order valence-electron chi connectivity index (χ1n) is 13.5. The van der Waals surface area contributed by atoms with E-state index in [4.69, 9.17) is 9.47 Å². The number of rotatable bonds is 7. The lowest BCUT2D eigenvalue weighted by Crippen LogP contribution is -2.48. The molecule has 4 atom stereocenters. The molecule has 1 aromatic heterocycles. The van der Waals surface area contributed by atoms with E-state index in [0.29, 0.717) is 17.9 Å². The molecule has 0 fully saturated rings. The molecule has 1 amide bonds. The smallest absolute Gasteiger partial charge is 0.258 e. The highest BCUT2D eigenvalue weighted by atomic mass is 32.2. The molecule has 0 aliphatic carbocycles. The quantitative estimate of drug-likeness (QED) is 0.529. The number of hydrogen-bond donors (Lipinski definition) is 1. The Kier molecular flexibility index (Phi) is 11.2. The van der Waals surface area contributed by atoms with Crippen molar-refractivity contribution in [1.29, 1.82) is 0 Å². The van der Waals surface area contributed by atoms with Gasteiger partial charge in [-0.1, -0.05) is 13.0 Å². The molecule has 218 valence electrons. The number of aliphatic hydroxyl groups is 1. The third-order valence-corrected chi connectivity index (χ3v) is 10.3. The van der Waals surface area contributed by atoms with Crippen LogP contribution in [0.2, 0.25) is 0 Å². The second-order valence-electron chi connectivity index (χ2n) is 10.6. The monoisotopic (exact) mass is 581 g/mol. The van der Waals surface area contributed by atoms with Crippen LogP contribution in [-0.2, 0) is 14.8 Å². The Morgan fingerprint density at radius 1 is 1.18 bits per heavy atom. The maximum Gasteiger partial charge on any atom is 0.258 e. The Bertz CT molecular complexity index is 1170. The standard InChI is InChI=1S/C28H43N3O6S2/c1-20-17-31(21(2)19-32)28(33)24-16-23(29(4)5)12-13-25(24)37-22(3)10-7-8-14-36-26(20)18-30(6)39(34,35)27-11-9-15-38-27/h9,11-13,15-16,20-22,26,32H,7-8,10,14,17-19H2,1-6H3/t20-,21-,22-,26+/m0/s1. The van der Waals surface area contributed by atoms with Crippen LogP contribution in [0.3, 0.4) is 0 Å². The van der Waals surface area contributed by atoms with Crippen LogP contribution in [0.4, 0.5) is 5.69 Å². The van der Waals surface area contributed by atoms with Crippen molar-refractivity contribution in [1.82, 2.24) is 9.21 Å². The average molecular weight is 582 g/mol. The Labute approximate surface area is 237 Å². The first kappa shape index (κ1) is 31.3. The van der Waals surface area contributed by atoms with Gasteiger partial charge in [-0.3, -0.25) is 4.79 Å². The lowest BCUT2D eigenvalue weighted by molar-refractivity contribution is -0.00832. The molecule has 1 N–H and O–H groups in total. The number of nitrogens with zero attached hydrogens (tertiary/aromatic N) is 3. The predicted octanol–water partition coefficient (Wildman–Crippen LogP) is 3.93. The highest BCUT2D eigenvalue weighted by molar-refractivity contribution is 7.91. The topological polar surface area (TPSA) is 99.6 Å². The minimum absolute atomic E-state index is 0.106. The zero-order valence-corrected chi connectivity index (χ0v) is 25.5. The molecular weight excluding hydrogens is 538 g/mol. The van der Waals surface area contributed by atoms with E-state index in [9.17, 15) is 18.3 Å². The molecule has 0 unspecified atom stereocenters. The number of carbonyl (C=O) groups excluding carboxylic acids is 1. The Morgan fingerprint density at radius 2 is 1.92 bits per heavy atom. The summed E-state index contributed by atoms with van der Waals surface area (Å²) in [5.74, 6) is 0.0596. The number of fused-ring (bicyclic) bond motifs is 1. The first-order valence-corrected chi connectivity index (χ1v) is 15.8.